The highest BCUT2D eigenvalue weighted by atomic mass is 16.5. The SMILES string of the molecule is OCC1NCC12CCOCC2. The summed E-state index contributed by atoms with van der Waals surface area (Å²) in [4.78, 5) is 0. The van der Waals surface area contributed by atoms with Crippen LogP contribution in [0.5, 0.6) is 0 Å². The second-order valence-electron chi connectivity index (χ2n) is 3.59. The molecule has 0 bridgehead atoms. The van der Waals surface area contributed by atoms with Crippen molar-refractivity contribution in [3.05, 3.63) is 0 Å². The Labute approximate surface area is 66.7 Å². The molecule has 0 aliphatic carbocycles. The molecule has 2 aliphatic rings. The summed E-state index contributed by atoms with van der Waals surface area (Å²) in [5.41, 5.74) is 0.382. The standard InChI is InChI=1S/C8H15NO2/c10-5-7-8(6-9-7)1-3-11-4-2-8/h7,9-10H,1-6H2. The van der Waals surface area contributed by atoms with Gasteiger partial charge in [-0.1, -0.05) is 0 Å². The minimum absolute atomic E-state index is 0.278. The normalized spacial score (nSPS) is 35.2. The molecule has 2 rings (SSSR count). The molecule has 11 heavy (non-hydrogen) atoms. The van der Waals surface area contributed by atoms with Crippen molar-refractivity contribution in [3.63, 3.8) is 0 Å². The molecule has 0 amide bonds. The summed E-state index contributed by atoms with van der Waals surface area (Å²) >= 11 is 0. The quantitative estimate of drug-likeness (QED) is 0.551. The Balaban J connectivity index is 1.97. The predicted molar refractivity (Wildman–Crippen MR) is 41.4 cm³/mol. The van der Waals surface area contributed by atoms with Crippen LogP contribution in [0.2, 0.25) is 0 Å². The van der Waals surface area contributed by atoms with Crippen molar-refractivity contribution < 1.29 is 9.84 Å². The van der Waals surface area contributed by atoms with E-state index in [0.717, 1.165) is 32.6 Å². The topological polar surface area (TPSA) is 41.5 Å². The second-order valence-corrected chi connectivity index (χ2v) is 3.59. The number of aliphatic hydroxyl groups excluding tert-OH is 1. The van der Waals surface area contributed by atoms with E-state index in [1.807, 2.05) is 0 Å². The van der Waals surface area contributed by atoms with Crippen LogP contribution in [0.1, 0.15) is 12.8 Å². The van der Waals surface area contributed by atoms with Gasteiger partial charge in [-0.15, -0.1) is 0 Å². The number of rotatable bonds is 1. The van der Waals surface area contributed by atoms with Crippen LogP contribution in [-0.4, -0.2) is 37.5 Å². The Bertz CT molecular complexity index is 141. The molecule has 3 nitrogen and oxygen atoms in total. The van der Waals surface area contributed by atoms with Crippen LogP contribution < -0.4 is 5.32 Å². The smallest absolute Gasteiger partial charge is 0.0590 e. The first-order chi connectivity index (χ1) is 5.37. The van der Waals surface area contributed by atoms with E-state index < -0.39 is 0 Å². The third kappa shape index (κ3) is 1.08. The summed E-state index contributed by atoms with van der Waals surface area (Å²) in [5, 5.41) is 12.3. The lowest BCUT2D eigenvalue weighted by molar-refractivity contribution is -0.0608. The van der Waals surface area contributed by atoms with Gasteiger partial charge in [-0.2, -0.15) is 0 Å². The molecule has 2 N–H and O–H groups in total. The van der Waals surface area contributed by atoms with Crippen LogP contribution in [-0.2, 0) is 4.74 Å². The lowest BCUT2D eigenvalue weighted by Gasteiger charge is -2.52. The van der Waals surface area contributed by atoms with E-state index >= 15 is 0 Å². The minimum atomic E-state index is 0.278. The molecular weight excluding hydrogens is 142 g/mol. The van der Waals surface area contributed by atoms with Crippen molar-refractivity contribution in [3.8, 4) is 0 Å². The van der Waals surface area contributed by atoms with E-state index in [4.69, 9.17) is 9.84 Å². The van der Waals surface area contributed by atoms with E-state index in [9.17, 15) is 0 Å². The Morgan fingerprint density at radius 1 is 1.45 bits per heavy atom. The molecule has 2 heterocycles. The maximum Gasteiger partial charge on any atom is 0.0590 e. The molecule has 64 valence electrons. The van der Waals surface area contributed by atoms with E-state index in [2.05, 4.69) is 5.32 Å². The summed E-state index contributed by atoms with van der Waals surface area (Å²) in [5.74, 6) is 0. The summed E-state index contributed by atoms with van der Waals surface area (Å²) in [7, 11) is 0. The van der Waals surface area contributed by atoms with Crippen molar-refractivity contribution in [2.75, 3.05) is 26.4 Å². The molecule has 1 spiro atoms. The third-order valence-corrected chi connectivity index (χ3v) is 3.11. The first-order valence-electron chi connectivity index (χ1n) is 4.29. The molecule has 0 aromatic carbocycles. The Hall–Kier alpha value is -0.120. The molecule has 2 fully saturated rings. The monoisotopic (exact) mass is 157 g/mol. The first-order valence-corrected chi connectivity index (χ1v) is 4.29. The van der Waals surface area contributed by atoms with Crippen LogP contribution in [0.3, 0.4) is 0 Å². The molecule has 1 atom stereocenters. The van der Waals surface area contributed by atoms with Gasteiger partial charge in [0.25, 0.3) is 0 Å². The first kappa shape index (κ1) is 7.53. The molecule has 0 radical (unpaired) electrons. The van der Waals surface area contributed by atoms with E-state index in [1.165, 1.54) is 0 Å². The lowest BCUT2D eigenvalue weighted by Crippen LogP contribution is -2.65. The van der Waals surface area contributed by atoms with Crippen LogP contribution in [0, 0.1) is 5.41 Å². The van der Waals surface area contributed by atoms with Crippen molar-refractivity contribution in [1.29, 1.82) is 0 Å². The zero-order chi connectivity index (χ0) is 7.73. The molecule has 0 aromatic heterocycles. The Morgan fingerprint density at radius 2 is 2.18 bits per heavy atom. The highest BCUT2D eigenvalue weighted by Gasteiger charge is 2.46. The van der Waals surface area contributed by atoms with Gasteiger partial charge in [-0.05, 0) is 12.8 Å². The maximum absolute atomic E-state index is 9.00. The largest absolute Gasteiger partial charge is 0.395 e. The lowest BCUT2D eigenvalue weighted by atomic mass is 9.68. The fourth-order valence-corrected chi connectivity index (χ4v) is 2.10. The van der Waals surface area contributed by atoms with Crippen LogP contribution >= 0.6 is 0 Å². The van der Waals surface area contributed by atoms with Crippen LogP contribution in [0.15, 0.2) is 0 Å². The third-order valence-electron chi connectivity index (χ3n) is 3.11. The average Bonchev–Trinajstić information content (AvgIpc) is 2.05. The summed E-state index contributed by atoms with van der Waals surface area (Å²) < 4.78 is 5.28. The van der Waals surface area contributed by atoms with Crippen molar-refractivity contribution in [1.82, 2.24) is 5.32 Å². The molecule has 0 saturated carbocycles. The fraction of sp³-hybridized carbons (Fsp3) is 1.00. The van der Waals surface area contributed by atoms with Gasteiger partial charge in [0.05, 0.1) is 6.61 Å². The van der Waals surface area contributed by atoms with Gasteiger partial charge in [-0.25, -0.2) is 0 Å². The number of nitrogens with one attached hydrogen (secondary N) is 1. The van der Waals surface area contributed by atoms with E-state index in [0.29, 0.717) is 11.5 Å². The van der Waals surface area contributed by atoms with Gasteiger partial charge in [0.1, 0.15) is 0 Å². The molecule has 2 saturated heterocycles. The van der Waals surface area contributed by atoms with E-state index in [1.54, 1.807) is 0 Å². The highest BCUT2D eigenvalue weighted by molar-refractivity contribution is 5.02. The molecular formula is C8H15NO2. The molecule has 2 aliphatic heterocycles. The van der Waals surface area contributed by atoms with Gasteiger partial charge in [-0.3, -0.25) is 0 Å². The fourth-order valence-electron chi connectivity index (χ4n) is 2.10. The van der Waals surface area contributed by atoms with E-state index in [-0.39, 0.29) is 6.61 Å². The predicted octanol–water partition coefficient (Wildman–Crippen LogP) is -0.253. The van der Waals surface area contributed by atoms with Gasteiger partial charge in [0, 0.05) is 31.2 Å². The summed E-state index contributed by atoms with van der Waals surface area (Å²) in [6.45, 7) is 3.10. The average molecular weight is 157 g/mol. The Kier molecular flexibility index (Phi) is 1.87. The highest BCUT2D eigenvalue weighted by Crippen LogP contribution is 2.39. The molecule has 0 aromatic rings. The number of aliphatic hydroxyl groups is 1. The van der Waals surface area contributed by atoms with Gasteiger partial charge in [0.2, 0.25) is 0 Å². The zero-order valence-electron chi connectivity index (χ0n) is 6.68. The number of hydrogen-bond donors (Lipinski definition) is 2. The number of hydrogen-bond acceptors (Lipinski definition) is 3. The van der Waals surface area contributed by atoms with Gasteiger partial charge in [0.15, 0.2) is 0 Å². The van der Waals surface area contributed by atoms with Crippen molar-refractivity contribution >= 4 is 0 Å². The summed E-state index contributed by atoms with van der Waals surface area (Å²) in [6, 6.07) is 0.339. The summed E-state index contributed by atoms with van der Waals surface area (Å²) in [6.07, 6.45) is 2.23. The second kappa shape index (κ2) is 2.73. The molecule has 1 unspecified atom stereocenters. The molecule has 3 heteroatoms. The van der Waals surface area contributed by atoms with Gasteiger partial charge >= 0.3 is 0 Å². The van der Waals surface area contributed by atoms with Crippen LogP contribution in [0.25, 0.3) is 0 Å². The zero-order valence-corrected chi connectivity index (χ0v) is 6.68. The number of ether oxygens (including phenoxy) is 1. The van der Waals surface area contributed by atoms with Crippen molar-refractivity contribution in [2.24, 2.45) is 5.41 Å². The Morgan fingerprint density at radius 3 is 2.64 bits per heavy atom. The minimum Gasteiger partial charge on any atom is -0.395 e. The maximum atomic E-state index is 9.00. The van der Waals surface area contributed by atoms with Crippen molar-refractivity contribution in [2.45, 2.75) is 18.9 Å². The van der Waals surface area contributed by atoms with Crippen LogP contribution in [0.4, 0.5) is 0 Å². The van der Waals surface area contributed by atoms with Gasteiger partial charge < -0.3 is 15.2 Å².